The van der Waals surface area contributed by atoms with Gasteiger partial charge in [-0.25, -0.2) is 0 Å². The zero-order chi connectivity index (χ0) is 9.30. The van der Waals surface area contributed by atoms with Gasteiger partial charge in [0.05, 0.1) is 4.92 Å². The van der Waals surface area contributed by atoms with Crippen LogP contribution < -0.4 is 0 Å². The average molecular weight is 281 g/mol. The molecule has 1 aromatic carbocycles. The highest BCUT2D eigenvalue weighted by molar-refractivity contribution is 14.1. The quantitative estimate of drug-likeness (QED) is 0.451. The Morgan fingerprint density at radius 2 is 2.17 bits per heavy atom. The maximum Gasteiger partial charge on any atom is 0.305 e. The predicted octanol–water partition coefficient (Wildman–Crippen LogP) is 2.65. The SMILES string of the molecule is Cc1cc(F)c([N+](=O)[O-])cc1I. The number of hydrogen-bond acceptors (Lipinski definition) is 2. The van der Waals surface area contributed by atoms with Crippen molar-refractivity contribution in [1.82, 2.24) is 0 Å². The molecule has 0 aliphatic rings. The molecule has 64 valence electrons. The van der Waals surface area contributed by atoms with E-state index in [0.717, 1.165) is 0 Å². The third-order valence-electron chi connectivity index (χ3n) is 1.42. The lowest BCUT2D eigenvalue weighted by atomic mass is 10.2. The molecule has 0 atom stereocenters. The number of halogens is 2. The van der Waals surface area contributed by atoms with Crippen molar-refractivity contribution in [3.05, 3.63) is 37.2 Å². The van der Waals surface area contributed by atoms with E-state index in [-0.39, 0.29) is 0 Å². The van der Waals surface area contributed by atoms with E-state index < -0.39 is 16.4 Å². The summed E-state index contributed by atoms with van der Waals surface area (Å²) in [5, 5.41) is 10.2. The predicted molar refractivity (Wildman–Crippen MR) is 50.5 cm³/mol. The highest BCUT2D eigenvalue weighted by Gasteiger charge is 2.15. The molecule has 0 aliphatic heterocycles. The van der Waals surface area contributed by atoms with Crippen LogP contribution in [0.3, 0.4) is 0 Å². The van der Waals surface area contributed by atoms with Gasteiger partial charge in [0.15, 0.2) is 0 Å². The molecule has 0 aliphatic carbocycles. The summed E-state index contributed by atoms with van der Waals surface area (Å²) in [4.78, 5) is 9.52. The minimum absolute atomic E-state index is 0.468. The van der Waals surface area contributed by atoms with Crippen LogP contribution in [0.4, 0.5) is 10.1 Å². The van der Waals surface area contributed by atoms with Crippen molar-refractivity contribution in [3.63, 3.8) is 0 Å². The first kappa shape index (κ1) is 9.37. The van der Waals surface area contributed by atoms with Crippen LogP contribution in [-0.2, 0) is 0 Å². The Hall–Kier alpha value is -0.720. The van der Waals surface area contributed by atoms with Crippen LogP contribution in [0, 0.1) is 26.4 Å². The van der Waals surface area contributed by atoms with Crippen molar-refractivity contribution < 1.29 is 9.31 Å². The Labute approximate surface area is 81.9 Å². The first-order chi connectivity index (χ1) is 5.52. The zero-order valence-electron chi connectivity index (χ0n) is 6.17. The normalized spacial score (nSPS) is 9.92. The summed E-state index contributed by atoms with van der Waals surface area (Å²) in [6.07, 6.45) is 0. The van der Waals surface area contributed by atoms with Gasteiger partial charge in [-0.05, 0) is 41.1 Å². The summed E-state index contributed by atoms with van der Waals surface area (Å²) in [5.41, 5.74) is 0.240. The molecule has 0 N–H and O–H groups in total. The van der Waals surface area contributed by atoms with Crippen LogP contribution in [0.2, 0.25) is 0 Å². The van der Waals surface area contributed by atoms with E-state index in [4.69, 9.17) is 0 Å². The monoisotopic (exact) mass is 281 g/mol. The summed E-state index contributed by atoms with van der Waals surface area (Å²) in [7, 11) is 0. The van der Waals surface area contributed by atoms with Gasteiger partial charge in [0, 0.05) is 9.64 Å². The Balaban J connectivity index is 3.33. The van der Waals surface area contributed by atoms with E-state index in [1.165, 1.54) is 12.1 Å². The zero-order valence-corrected chi connectivity index (χ0v) is 8.33. The third kappa shape index (κ3) is 1.71. The molecule has 0 saturated carbocycles. The molecule has 1 rings (SSSR count). The van der Waals surface area contributed by atoms with Crippen molar-refractivity contribution in [2.24, 2.45) is 0 Å². The number of rotatable bonds is 1. The van der Waals surface area contributed by atoms with Gasteiger partial charge in [-0.1, -0.05) is 0 Å². The third-order valence-corrected chi connectivity index (χ3v) is 2.59. The molecule has 0 unspecified atom stereocenters. The maximum absolute atomic E-state index is 12.8. The fourth-order valence-electron chi connectivity index (χ4n) is 0.776. The Kier molecular flexibility index (Phi) is 2.61. The number of nitro benzene ring substituents is 1. The lowest BCUT2D eigenvalue weighted by Crippen LogP contribution is -1.94. The van der Waals surface area contributed by atoms with Crippen LogP contribution in [-0.4, -0.2) is 4.92 Å². The molecule has 0 aromatic heterocycles. The molecular weight excluding hydrogens is 276 g/mol. The van der Waals surface area contributed by atoms with Crippen LogP contribution in [0.5, 0.6) is 0 Å². The Morgan fingerprint density at radius 1 is 1.58 bits per heavy atom. The first-order valence-electron chi connectivity index (χ1n) is 3.12. The van der Waals surface area contributed by atoms with Gasteiger partial charge in [0.25, 0.3) is 0 Å². The number of hydrogen-bond donors (Lipinski definition) is 0. The van der Waals surface area contributed by atoms with E-state index in [9.17, 15) is 14.5 Å². The van der Waals surface area contributed by atoms with Crippen LogP contribution in [0.25, 0.3) is 0 Å². The number of aryl methyl sites for hydroxylation is 1. The molecule has 0 radical (unpaired) electrons. The van der Waals surface area contributed by atoms with Crippen molar-refractivity contribution in [1.29, 1.82) is 0 Å². The Morgan fingerprint density at radius 3 is 2.67 bits per heavy atom. The van der Waals surface area contributed by atoms with Gasteiger partial charge in [-0.15, -0.1) is 0 Å². The lowest BCUT2D eigenvalue weighted by molar-refractivity contribution is -0.387. The minimum atomic E-state index is -0.780. The summed E-state index contributed by atoms with van der Waals surface area (Å²) in [5.74, 6) is -0.780. The van der Waals surface area contributed by atoms with Crippen molar-refractivity contribution >= 4 is 28.3 Å². The van der Waals surface area contributed by atoms with Crippen molar-refractivity contribution in [3.8, 4) is 0 Å². The lowest BCUT2D eigenvalue weighted by Gasteiger charge is -1.98. The summed E-state index contributed by atoms with van der Waals surface area (Å²) >= 11 is 1.93. The molecule has 3 nitrogen and oxygen atoms in total. The second-order valence-corrected chi connectivity index (χ2v) is 3.47. The fraction of sp³-hybridized carbons (Fsp3) is 0.143. The molecular formula is C7H5FINO2. The molecule has 0 saturated heterocycles. The van der Waals surface area contributed by atoms with E-state index in [1.54, 1.807) is 6.92 Å². The molecule has 0 spiro atoms. The molecule has 12 heavy (non-hydrogen) atoms. The van der Waals surface area contributed by atoms with E-state index in [0.29, 0.717) is 9.13 Å². The molecule has 0 bridgehead atoms. The number of nitro groups is 1. The molecule has 0 amide bonds. The standard InChI is InChI=1S/C7H5FINO2/c1-4-2-5(8)7(10(11)12)3-6(4)9/h2-3H,1H3. The molecule has 1 aromatic rings. The van der Waals surface area contributed by atoms with Crippen LogP contribution >= 0.6 is 22.6 Å². The summed E-state index contributed by atoms with van der Waals surface area (Å²) < 4.78 is 13.5. The highest BCUT2D eigenvalue weighted by Crippen LogP contribution is 2.22. The van der Waals surface area contributed by atoms with E-state index >= 15 is 0 Å². The van der Waals surface area contributed by atoms with E-state index in [1.807, 2.05) is 22.6 Å². The van der Waals surface area contributed by atoms with Gasteiger partial charge < -0.3 is 0 Å². The highest BCUT2D eigenvalue weighted by atomic mass is 127. The molecule has 0 fully saturated rings. The van der Waals surface area contributed by atoms with E-state index in [2.05, 4.69) is 0 Å². The van der Waals surface area contributed by atoms with Gasteiger partial charge in [0.2, 0.25) is 5.82 Å². The smallest absolute Gasteiger partial charge is 0.258 e. The largest absolute Gasteiger partial charge is 0.305 e. The Bertz CT molecular complexity index is 340. The molecule has 0 heterocycles. The second kappa shape index (κ2) is 3.34. The first-order valence-corrected chi connectivity index (χ1v) is 4.20. The number of nitrogens with zero attached hydrogens (tertiary/aromatic N) is 1. The van der Waals surface area contributed by atoms with Gasteiger partial charge in [0.1, 0.15) is 0 Å². The van der Waals surface area contributed by atoms with Crippen LogP contribution in [0.15, 0.2) is 12.1 Å². The van der Waals surface area contributed by atoms with Gasteiger partial charge in [-0.3, -0.25) is 10.1 Å². The number of benzene rings is 1. The molecule has 5 heteroatoms. The van der Waals surface area contributed by atoms with Crippen molar-refractivity contribution in [2.75, 3.05) is 0 Å². The van der Waals surface area contributed by atoms with Crippen molar-refractivity contribution in [2.45, 2.75) is 6.92 Å². The second-order valence-electron chi connectivity index (χ2n) is 2.31. The van der Waals surface area contributed by atoms with Gasteiger partial charge in [-0.2, -0.15) is 4.39 Å². The maximum atomic E-state index is 12.8. The van der Waals surface area contributed by atoms with Crippen LogP contribution in [0.1, 0.15) is 5.56 Å². The fourth-order valence-corrected chi connectivity index (χ4v) is 1.23. The average Bonchev–Trinajstić information content (AvgIpc) is 1.96. The van der Waals surface area contributed by atoms with Gasteiger partial charge >= 0.3 is 5.69 Å². The minimum Gasteiger partial charge on any atom is -0.258 e. The topological polar surface area (TPSA) is 43.1 Å². The summed E-state index contributed by atoms with van der Waals surface area (Å²) in [6, 6.07) is 2.39. The summed E-state index contributed by atoms with van der Waals surface area (Å²) in [6.45, 7) is 1.70.